The molecule has 5 nitrogen and oxygen atoms in total. The summed E-state index contributed by atoms with van der Waals surface area (Å²) in [5.41, 5.74) is 6.90. The van der Waals surface area contributed by atoms with Gasteiger partial charge in [0.25, 0.3) is 0 Å². The van der Waals surface area contributed by atoms with E-state index in [1.807, 2.05) is 6.92 Å². The van der Waals surface area contributed by atoms with Gasteiger partial charge in [-0.3, -0.25) is 4.21 Å². The lowest BCUT2D eigenvalue weighted by Crippen LogP contribution is -2.30. The van der Waals surface area contributed by atoms with Gasteiger partial charge in [0.2, 0.25) is 0 Å². The second-order valence-electron chi connectivity index (χ2n) is 5.48. The Morgan fingerprint density at radius 3 is 2.53 bits per heavy atom. The van der Waals surface area contributed by atoms with Crippen molar-refractivity contribution in [3.8, 4) is 0 Å². The van der Waals surface area contributed by atoms with Crippen LogP contribution >= 0.6 is 0 Å². The molecule has 3 rings (SSSR count). The van der Waals surface area contributed by atoms with E-state index >= 15 is 0 Å². The molecule has 1 aromatic rings. The van der Waals surface area contributed by atoms with Gasteiger partial charge in [-0.25, -0.2) is 9.97 Å². The van der Waals surface area contributed by atoms with Crippen molar-refractivity contribution in [1.82, 2.24) is 9.97 Å². The van der Waals surface area contributed by atoms with Crippen LogP contribution in [0.2, 0.25) is 0 Å². The minimum absolute atomic E-state index is 0.359. The van der Waals surface area contributed by atoms with E-state index in [4.69, 9.17) is 5.73 Å². The smallest absolute Gasteiger partial charge is 0.136 e. The summed E-state index contributed by atoms with van der Waals surface area (Å²) in [5.74, 6) is 4.40. The van der Waals surface area contributed by atoms with Crippen LogP contribution in [0.4, 0.5) is 11.6 Å². The molecule has 6 heteroatoms. The van der Waals surface area contributed by atoms with Gasteiger partial charge in [-0.15, -0.1) is 0 Å². The first-order chi connectivity index (χ1) is 9.13. The quantitative estimate of drug-likeness (QED) is 0.878. The lowest BCUT2D eigenvalue weighted by atomic mass is 10.1. The molecular formula is C13H20N4OS. The van der Waals surface area contributed by atoms with Gasteiger partial charge >= 0.3 is 0 Å². The number of nitrogens with two attached hydrogens (primary N) is 1. The number of nitrogen functional groups attached to an aromatic ring is 1. The zero-order chi connectivity index (χ0) is 13.4. The molecular weight excluding hydrogens is 260 g/mol. The van der Waals surface area contributed by atoms with Crippen LogP contribution in [0.3, 0.4) is 0 Å². The van der Waals surface area contributed by atoms with Gasteiger partial charge < -0.3 is 11.1 Å². The van der Waals surface area contributed by atoms with E-state index in [0.29, 0.717) is 17.8 Å². The monoisotopic (exact) mass is 280 g/mol. The van der Waals surface area contributed by atoms with Crippen LogP contribution in [0.15, 0.2) is 0 Å². The van der Waals surface area contributed by atoms with Crippen molar-refractivity contribution in [3.63, 3.8) is 0 Å². The van der Waals surface area contributed by atoms with Gasteiger partial charge in [0.05, 0.1) is 0 Å². The molecule has 2 fully saturated rings. The third kappa shape index (κ3) is 2.88. The normalized spacial score (nSPS) is 27.2. The van der Waals surface area contributed by atoms with Gasteiger partial charge in [0.1, 0.15) is 17.5 Å². The van der Waals surface area contributed by atoms with Gasteiger partial charge in [0, 0.05) is 39.8 Å². The van der Waals surface area contributed by atoms with Crippen LogP contribution in [-0.4, -0.2) is 31.7 Å². The van der Waals surface area contributed by atoms with Crippen LogP contribution < -0.4 is 11.1 Å². The Kier molecular flexibility index (Phi) is 3.43. The fraction of sp³-hybridized carbons (Fsp3) is 0.692. The number of anilines is 2. The highest BCUT2D eigenvalue weighted by Crippen LogP contribution is 2.39. The molecule has 1 aliphatic heterocycles. The SMILES string of the molecule is Cc1c(N)nc(C2CC2)nc1NC1CCS(=O)CC1. The van der Waals surface area contributed by atoms with Crippen molar-refractivity contribution in [2.24, 2.45) is 0 Å². The maximum absolute atomic E-state index is 11.4. The summed E-state index contributed by atoms with van der Waals surface area (Å²) in [5, 5.41) is 3.47. The average molecular weight is 280 g/mol. The van der Waals surface area contributed by atoms with E-state index in [0.717, 1.165) is 41.6 Å². The van der Waals surface area contributed by atoms with E-state index in [-0.39, 0.29) is 0 Å². The first-order valence-electron chi connectivity index (χ1n) is 6.89. The Labute approximate surface area is 115 Å². The van der Waals surface area contributed by atoms with Crippen LogP contribution in [0.1, 0.15) is 43.0 Å². The minimum Gasteiger partial charge on any atom is -0.383 e. The molecule has 0 amide bonds. The summed E-state index contributed by atoms with van der Waals surface area (Å²) in [6.45, 7) is 1.95. The van der Waals surface area contributed by atoms with Crippen LogP contribution in [0, 0.1) is 6.92 Å². The molecule has 2 aliphatic rings. The molecule has 19 heavy (non-hydrogen) atoms. The number of nitrogens with one attached hydrogen (secondary N) is 1. The van der Waals surface area contributed by atoms with Gasteiger partial charge in [-0.2, -0.15) is 0 Å². The Morgan fingerprint density at radius 1 is 1.21 bits per heavy atom. The Balaban J connectivity index is 1.77. The van der Waals surface area contributed by atoms with Crippen molar-refractivity contribution in [1.29, 1.82) is 0 Å². The topological polar surface area (TPSA) is 80.9 Å². The third-order valence-electron chi connectivity index (χ3n) is 3.87. The molecule has 0 spiro atoms. The summed E-state index contributed by atoms with van der Waals surface area (Å²) in [4.78, 5) is 9.01. The van der Waals surface area contributed by atoms with Gasteiger partial charge in [-0.1, -0.05) is 0 Å². The van der Waals surface area contributed by atoms with Crippen molar-refractivity contribution in [2.75, 3.05) is 22.6 Å². The maximum Gasteiger partial charge on any atom is 0.136 e. The summed E-state index contributed by atoms with van der Waals surface area (Å²) >= 11 is 0. The zero-order valence-corrected chi connectivity index (χ0v) is 12.0. The number of hydrogen-bond acceptors (Lipinski definition) is 5. The highest BCUT2D eigenvalue weighted by Gasteiger charge is 2.28. The number of aromatic nitrogens is 2. The molecule has 1 saturated heterocycles. The standard InChI is InChI=1S/C13H20N4OS/c1-8-11(14)16-13(9-2-3-9)17-12(8)15-10-4-6-19(18)7-5-10/h9-10H,2-7H2,1H3,(H3,14,15,16,17). The zero-order valence-electron chi connectivity index (χ0n) is 11.2. The summed E-state index contributed by atoms with van der Waals surface area (Å²) < 4.78 is 11.4. The predicted molar refractivity (Wildman–Crippen MR) is 77.7 cm³/mol. The third-order valence-corrected chi connectivity index (χ3v) is 5.25. The molecule has 0 unspecified atom stereocenters. The molecule has 0 aromatic carbocycles. The van der Waals surface area contributed by atoms with Gasteiger partial charge in [0.15, 0.2) is 0 Å². The maximum atomic E-state index is 11.4. The second kappa shape index (κ2) is 5.07. The van der Waals surface area contributed by atoms with Crippen molar-refractivity contribution in [3.05, 3.63) is 11.4 Å². The Morgan fingerprint density at radius 2 is 1.89 bits per heavy atom. The molecule has 104 valence electrons. The molecule has 2 heterocycles. The molecule has 1 aliphatic carbocycles. The lowest BCUT2D eigenvalue weighted by Gasteiger charge is -2.24. The Bertz CT molecular complexity index is 506. The van der Waals surface area contributed by atoms with E-state index in [9.17, 15) is 4.21 Å². The fourth-order valence-electron chi connectivity index (χ4n) is 2.35. The first kappa shape index (κ1) is 12.8. The van der Waals surface area contributed by atoms with Gasteiger partial charge in [-0.05, 0) is 32.6 Å². The lowest BCUT2D eigenvalue weighted by molar-refractivity contribution is 0.621. The van der Waals surface area contributed by atoms with E-state index in [1.165, 1.54) is 12.8 Å². The molecule has 1 saturated carbocycles. The molecule has 0 bridgehead atoms. The second-order valence-corrected chi connectivity index (χ2v) is 7.18. The average Bonchev–Trinajstić information content (AvgIpc) is 3.21. The predicted octanol–water partition coefficient (Wildman–Crippen LogP) is 1.57. The van der Waals surface area contributed by atoms with Crippen molar-refractivity contribution >= 4 is 22.4 Å². The van der Waals surface area contributed by atoms with Crippen LogP contribution in [0.5, 0.6) is 0 Å². The minimum atomic E-state index is -0.628. The van der Waals surface area contributed by atoms with E-state index in [2.05, 4.69) is 15.3 Å². The van der Waals surface area contributed by atoms with E-state index in [1.54, 1.807) is 0 Å². The molecule has 0 radical (unpaired) electrons. The van der Waals surface area contributed by atoms with E-state index < -0.39 is 10.8 Å². The first-order valence-corrected chi connectivity index (χ1v) is 8.38. The number of nitrogens with zero attached hydrogens (tertiary/aromatic N) is 2. The summed E-state index contributed by atoms with van der Waals surface area (Å²) in [6, 6.07) is 0.359. The highest BCUT2D eigenvalue weighted by atomic mass is 32.2. The Hall–Kier alpha value is -1.17. The van der Waals surface area contributed by atoms with Crippen LogP contribution in [0.25, 0.3) is 0 Å². The number of hydrogen-bond donors (Lipinski definition) is 2. The molecule has 0 atom stereocenters. The van der Waals surface area contributed by atoms with Crippen molar-refractivity contribution in [2.45, 2.75) is 44.6 Å². The summed E-state index contributed by atoms with van der Waals surface area (Å²) in [7, 11) is -0.628. The van der Waals surface area contributed by atoms with Crippen molar-refractivity contribution < 1.29 is 4.21 Å². The largest absolute Gasteiger partial charge is 0.383 e. The molecule has 1 aromatic heterocycles. The van der Waals surface area contributed by atoms with Crippen LogP contribution in [-0.2, 0) is 10.8 Å². The fourth-order valence-corrected chi connectivity index (χ4v) is 3.65. The molecule has 3 N–H and O–H groups in total. The summed E-state index contributed by atoms with van der Waals surface area (Å²) in [6.07, 6.45) is 4.22. The number of rotatable bonds is 3. The highest BCUT2D eigenvalue weighted by molar-refractivity contribution is 7.85.